The van der Waals surface area contributed by atoms with Crippen molar-refractivity contribution in [3.63, 3.8) is 0 Å². The molecule has 2 N–H and O–H groups in total. The Morgan fingerprint density at radius 2 is 2.27 bits per heavy atom. The molecule has 15 heavy (non-hydrogen) atoms. The van der Waals surface area contributed by atoms with E-state index in [1.165, 1.54) is 25.0 Å². The lowest BCUT2D eigenvalue weighted by molar-refractivity contribution is 0.245. The van der Waals surface area contributed by atoms with Crippen LogP contribution < -0.4 is 5.32 Å². The molecule has 0 saturated carbocycles. The van der Waals surface area contributed by atoms with Crippen molar-refractivity contribution in [1.29, 1.82) is 0 Å². The van der Waals surface area contributed by atoms with E-state index in [1.807, 2.05) is 0 Å². The fraction of sp³-hybridized carbons (Fsp3) is 1.00. The van der Waals surface area contributed by atoms with Gasteiger partial charge in [-0.25, -0.2) is 0 Å². The number of hydrogen-bond donors (Lipinski definition) is 2. The van der Waals surface area contributed by atoms with E-state index < -0.39 is 0 Å². The van der Waals surface area contributed by atoms with Gasteiger partial charge in [-0.2, -0.15) is 11.8 Å². The fourth-order valence-electron chi connectivity index (χ4n) is 2.23. The van der Waals surface area contributed by atoms with Gasteiger partial charge in [0.2, 0.25) is 0 Å². The van der Waals surface area contributed by atoms with Gasteiger partial charge in [0.15, 0.2) is 0 Å². The number of hydrogen-bond acceptors (Lipinski definition) is 3. The molecular weight excluding hydrogens is 206 g/mol. The van der Waals surface area contributed by atoms with Gasteiger partial charge in [0.25, 0.3) is 0 Å². The van der Waals surface area contributed by atoms with Crippen LogP contribution in [0, 0.1) is 5.92 Å². The van der Waals surface area contributed by atoms with Crippen LogP contribution in [0.1, 0.15) is 39.5 Å². The van der Waals surface area contributed by atoms with Gasteiger partial charge in [-0.1, -0.05) is 20.3 Å². The molecular formula is C12H25NOS. The fourth-order valence-corrected chi connectivity index (χ4v) is 3.42. The first-order valence-electron chi connectivity index (χ1n) is 6.22. The van der Waals surface area contributed by atoms with Gasteiger partial charge in [0.1, 0.15) is 0 Å². The van der Waals surface area contributed by atoms with Crippen molar-refractivity contribution in [2.45, 2.75) is 50.8 Å². The molecule has 3 atom stereocenters. The van der Waals surface area contributed by atoms with E-state index in [1.54, 1.807) is 0 Å². The van der Waals surface area contributed by atoms with Crippen LogP contribution in [0.15, 0.2) is 0 Å². The van der Waals surface area contributed by atoms with Crippen LogP contribution in [-0.2, 0) is 0 Å². The van der Waals surface area contributed by atoms with E-state index in [9.17, 15) is 0 Å². The van der Waals surface area contributed by atoms with E-state index in [0.717, 1.165) is 18.2 Å². The molecule has 3 heteroatoms. The molecule has 90 valence electrons. The predicted molar refractivity (Wildman–Crippen MR) is 68.4 cm³/mol. The van der Waals surface area contributed by atoms with Crippen LogP contribution in [0.2, 0.25) is 0 Å². The van der Waals surface area contributed by atoms with Gasteiger partial charge >= 0.3 is 0 Å². The van der Waals surface area contributed by atoms with Crippen LogP contribution in [0.5, 0.6) is 0 Å². The highest BCUT2D eigenvalue weighted by Gasteiger charge is 2.21. The Kier molecular flexibility index (Phi) is 6.69. The molecule has 1 aliphatic heterocycles. The number of aliphatic hydroxyl groups excluding tert-OH is 1. The summed E-state index contributed by atoms with van der Waals surface area (Å²) in [6, 6.07) is 0.711. The second-order valence-electron chi connectivity index (χ2n) is 4.65. The minimum Gasteiger partial charge on any atom is -0.396 e. The van der Waals surface area contributed by atoms with Crippen molar-refractivity contribution in [2.24, 2.45) is 5.92 Å². The zero-order valence-electron chi connectivity index (χ0n) is 10.0. The largest absolute Gasteiger partial charge is 0.396 e. The van der Waals surface area contributed by atoms with Crippen molar-refractivity contribution >= 4 is 11.8 Å². The molecule has 0 aliphatic carbocycles. The zero-order valence-corrected chi connectivity index (χ0v) is 10.9. The maximum Gasteiger partial charge on any atom is 0.0434 e. The third-order valence-electron chi connectivity index (χ3n) is 3.13. The summed E-state index contributed by atoms with van der Waals surface area (Å²) in [5, 5.41) is 13.4. The SMILES string of the molecule is CCCC(CCO)CNC1CSC(C)C1. The summed E-state index contributed by atoms with van der Waals surface area (Å²) in [5.41, 5.74) is 0. The lowest BCUT2D eigenvalue weighted by atomic mass is 9.99. The molecule has 1 aliphatic rings. The molecule has 0 aromatic rings. The molecule has 1 saturated heterocycles. The maximum atomic E-state index is 8.97. The minimum absolute atomic E-state index is 0.335. The Labute approximate surface area is 98.2 Å². The van der Waals surface area contributed by atoms with Gasteiger partial charge < -0.3 is 10.4 Å². The number of thioether (sulfide) groups is 1. The van der Waals surface area contributed by atoms with Gasteiger partial charge in [-0.05, 0) is 31.7 Å². The Morgan fingerprint density at radius 3 is 2.80 bits per heavy atom. The van der Waals surface area contributed by atoms with Crippen molar-refractivity contribution in [3.05, 3.63) is 0 Å². The molecule has 0 amide bonds. The Morgan fingerprint density at radius 1 is 1.47 bits per heavy atom. The molecule has 0 aromatic carbocycles. The summed E-state index contributed by atoms with van der Waals surface area (Å²) in [7, 11) is 0. The van der Waals surface area contributed by atoms with Crippen molar-refractivity contribution in [1.82, 2.24) is 5.32 Å². The topological polar surface area (TPSA) is 32.3 Å². The minimum atomic E-state index is 0.335. The second-order valence-corrected chi connectivity index (χ2v) is 6.12. The number of aliphatic hydroxyl groups is 1. The summed E-state index contributed by atoms with van der Waals surface area (Å²) in [6.07, 6.45) is 4.73. The van der Waals surface area contributed by atoms with E-state index in [-0.39, 0.29) is 0 Å². The summed E-state index contributed by atoms with van der Waals surface area (Å²) in [6.45, 7) is 5.95. The van der Waals surface area contributed by atoms with Crippen LogP contribution in [0.3, 0.4) is 0 Å². The highest BCUT2D eigenvalue weighted by molar-refractivity contribution is 8.00. The van der Waals surface area contributed by atoms with E-state index in [4.69, 9.17) is 5.11 Å². The summed E-state index contributed by atoms with van der Waals surface area (Å²) < 4.78 is 0. The summed E-state index contributed by atoms with van der Waals surface area (Å²) in [4.78, 5) is 0. The first kappa shape index (κ1) is 13.3. The molecule has 0 spiro atoms. The van der Waals surface area contributed by atoms with Crippen LogP contribution in [0.4, 0.5) is 0 Å². The van der Waals surface area contributed by atoms with E-state index in [2.05, 4.69) is 30.9 Å². The monoisotopic (exact) mass is 231 g/mol. The third-order valence-corrected chi connectivity index (χ3v) is 4.48. The smallest absolute Gasteiger partial charge is 0.0434 e. The van der Waals surface area contributed by atoms with Crippen LogP contribution in [-0.4, -0.2) is 35.3 Å². The van der Waals surface area contributed by atoms with Gasteiger partial charge in [-0.15, -0.1) is 0 Å². The standard InChI is InChI=1S/C12H25NOS/c1-3-4-11(5-6-14)8-13-12-7-10(2)15-9-12/h10-14H,3-9H2,1-2H3. The Balaban J connectivity index is 2.15. The molecule has 3 unspecified atom stereocenters. The molecule has 1 heterocycles. The maximum absolute atomic E-state index is 8.97. The Bertz CT molecular complexity index is 160. The van der Waals surface area contributed by atoms with E-state index in [0.29, 0.717) is 18.6 Å². The van der Waals surface area contributed by atoms with Gasteiger partial charge in [-0.3, -0.25) is 0 Å². The lowest BCUT2D eigenvalue weighted by Crippen LogP contribution is -2.33. The average Bonchev–Trinajstić information content (AvgIpc) is 2.61. The van der Waals surface area contributed by atoms with Crippen LogP contribution in [0.25, 0.3) is 0 Å². The quantitative estimate of drug-likeness (QED) is 0.705. The van der Waals surface area contributed by atoms with Crippen LogP contribution >= 0.6 is 11.8 Å². The van der Waals surface area contributed by atoms with Crippen molar-refractivity contribution < 1.29 is 5.11 Å². The highest BCUT2D eigenvalue weighted by Crippen LogP contribution is 2.26. The normalized spacial score (nSPS) is 28.2. The lowest BCUT2D eigenvalue weighted by Gasteiger charge is -2.19. The van der Waals surface area contributed by atoms with Gasteiger partial charge in [0, 0.05) is 23.7 Å². The van der Waals surface area contributed by atoms with Crippen molar-refractivity contribution in [2.75, 3.05) is 18.9 Å². The third kappa shape index (κ3) is 5.23. The van der Waals surface area contributed by atoms with Gasteiger partial charge in [0.05, 0.1) is 0 Å². The number of nitrogens with one attached hydrogen (secondary N) is 1. The number of rotatable bonds is 7. The average molecular weight is 231 g/mol. The highest BCUT2D eigenvalue weighted by atomic mass is 32.2. The summed E-state index contributed by atoms with van der Waals surface area (Å²) in [5.74, 6) is 1.93. The molecule has 0 bridgehead atoms. The van der Waals surface area contributed by atoms with Crippen molar-refractivity contribution in [3.8, 4) is 0 Å². The first-order valence-corrected chi connectivity index (χ1v) is 7.27. The zero-order chi connectivity index (χ0) is 11.1. The summed E-state index contributed by atoms with van der Waals surface area (Å²) >= 11 is 2.07. The molecule has 1 rings (SSSR count). The predicted octanol–water partition coefficient (Wildman–Crippen LogP) is 2.27. The van der Waals surface area contributed by atoms with E-state index >= 15 is 0 Å². The molecule has 2 nitrogen and oxygen atoms in total. The molecule has 1 fully saturated rings. The Hall–Kier alpha value is 0.270. The molecule has 0 radical (unpaired) electrons. The second kappa shape index (κ2) is 7.53. The first-order chi connectivity index (χ1) is 7.26. The molecule has 0 aromatic heterocycles.